The van der Waals surface area contributed by atoms with Gasteiger partial charge < -0.3 is 16.4 Å². The van der Waals surface area contributed by atoms with Crippen molar-refractivity contribution in [2.45, 2.75) is 17.9 Å². The van der Waals surface area contributed by atoms with Crippen molar-refractivity contribution in [2.75, 3.05) is 22.1 Å². The Kier molecular flexibility index (Phi) is 5.65. The lowest BCUT2D eigenvalue weighted by Crippen LogP contribution is -2.24. The first kappa shape index (κ1) is 19.4. The first-order chi connectivity index (χ1) is 12.1. The molecular weight excluding hydrogens is 373 g/mol. The Morgan fingerprint density at radius 2 is 1.88 bits per heavy atom. The van der Waals surface area contributed by atoms with E-state index in [1.54, 1.807) is 30.3 Å². The van der Waals surface area contributed by atoms with Crippen LogP contribution in [-0.4, -0.2) is 32.5 Å². The van der Waals surface area contributed by atoms with Gasteiger partial charge in [-0.25, -0.2) is 19.0 Å². The van der Waals surface area contributed by atoms with Crippen molar-refractivity contribution in [3.63, 3.8) is 0 Å². The number of hydrogen-bond donors (Lipinski definition) is 4. The number of alkyl halides is 3. The zero-order valence-corrected chi connectivity index (χ0v) is 14.0. The number of anilines is 3. The van der Waals surface area contributed by atoms with Gasteiger partial charge in [0.1, 0.15) is 21.2 Å². The van der Waals surface area contributed by atoms with E-state index in [9.17, 15) is 22.2 Å². The van der Waals surface area contributed by atoms with E-state index in [-0.39, 0.29) is 24.5 Å². The van der Waals surface area contributed by atoms with Crippen LogP contribution in [0.15, 0.2) is 35.5 Å². The van der Waals surface area contributed by atoms with Crippen molar-refractivity contribution in [1.82, 2.24) is 9.97 Å². The van der Waals surface area contributed by atoms with Gasteiger partial charge in [0.25, 0.3) is 0 Å². The van der Waals surface area contributed by atoms with Crippen molar-refractivity contribution in [3.05, 3.63) is 35.9 Å². The molecule has 0 radical (unpaired) electrons. The van der Waals surface area contributed by atoms with Crippen LogP contribution < -0.4 is 16.4 Å². The van der Waals surface area contributed by atoms with Gasteiger partial charge >= 0.3 is 6.18 Å². The first-order valence-corrected chi connectivity index (χ1v) is 8.84. The molecule has 2 aromatic rings. The Morgan fingerprint density at radius 1 is 1.23 bits per heavy atom. The predicted molar refractivity (Wildman–Crippen MR) is 89.9 cm³/mol. The largest absolute Gasteiger partial charge is 0.401 e. The van der Waals surface area contributed by atoms with Crippen molar-refractivity contribution in [3.8, 4) is 0 Å². The fourth-order valence-corrected chi connectivity index (χ4v) is 3.08. The summed E-state index contributed by atoms with van der Waals surface area (Å²) < 4.78 is 57.2. The molecular formula is C14H15F3N6O2S. The van der Waals surface area contributed by atoms with E-state index in [0.717, 1.165) is 5.56 Å². The fourth-order valence-electron chi connectivity index (χ4n) is 2.01. The summed E-state index contributed by atoms with van der Waals surface area (Å²) in [5.74, 6) is -2.44. The average Bonchev–Trinajstić information content (AvgIpc) is 2.54. The molecule has 0 spiro atoms. The Morgan fingerprint density at radius 3 is 2.46 bits per heavy atom. The molecule has 1 heterocycles. The monoisotopic (exact) mass is 388 g/mol. The second kappa shape index (κ2) is 7.56. The quantitative estimate of drug-likeness (QED) is 0.424. The third-order valence-electron chi connectivity index (χ3n) is 3.08. The first-order valence-electron chi connectivity index (χ1n) is 7.11. The van der Waals surface area contributed by atoms with E-state index in [1.807, 2.05) is 0 Å². The summed E-state index contributed by atoms with van der Waals surface area (Å²) in [6.07, 6.45) is -4.55. The number of nitrogens with zero attached hydrogens (tertiary/aromatic N) is 2. The number of nitrogens with two attached hydrogens (primary N) is 1. The number of nitrogens with one attached hydrogen (secondary N) is 3. The number of carbonyl (C=O) groups excluding carboxylic acids is 1. The zero-order chi connectivity index (χ0) is 19.4. The Hall–Kier alpha value is -2.89. The van der Waals surface area contributed by atoms with Crippen LogP contribution in [0.3, 0.4) is 0 Å². The van der Waals surface area contributed by atoms with Crippen LogP contribution in [0.2, 0.25) is 0 Å². The number of carbonyl (C=O) groups is 1. The van der Waals surface area contributed by atoms with Gasteiger partial charge in [0.2, 0.25) is 11.6 Å². The third-order valence-corrected chi connectivity index (χ3v) is 4.59. The minimum atomic E-state index is -4.84. The molecule has 1 amide bonds. The summed E-state index contributed by atoms with van der Waals surface area (Å²) in [4.78, 5) is 18.0. The number of rotatable bonds is 7. The van der Waals surface area contributed by atoms with E-state index in [4.69, 9.17) is 10.5 Å². The van der Waals surface area contributed by atoms with Gasteiger partial charge in [0, 0.05) is 6.54 Å². The number of benzene rings is 1. The van der Waals surface area contributed by atoms with Crippen LogP contribution >= 0.6 is 0 Å². The maximum absolute atomic E-state index is 12.5. The SMILES string of the molecule is N=S(=O)(CC(F)(F)F)c1nc(N)c(NC=O)c(NCc2ccccc2)n1. The van der Waals surface area contributed by atoms with Crippen LogP contribution in [0, 0.1) is 4.78 Å². The lowest BCUT2D eigenvalue weighted by molar-refractivity contribution is -0.106. The lowest BCUT2D eigenvalue weighted by atomic mass is 10.2. The van der Waals surface area contributed by atoms with Crippen LogP contribution in [0.1, 0.15) is 5.56 Å². The van der Waals surface area contributed by atoms with E-state index < -0.39 is 32.6 Å². The van der Waals surface area contributed by atoms with Gasteiger partial charge in [-0.15, -0.1) is 0 Å². The highest BCUT2D eigenvalue weighted by molar-refractivity contribution is 7.92. The Labute approximate surface area is 147 Å². The molecule has 12 heteroatoms. The second-order valence-corrected chi connectivity index (χ2v) is 7.16. The summed E-state index contributed by atoms with van der Waals surface area (Å²) in [6, 6.07) is 8.92. The molecule has 140 valence electrons. The molecule has 2 rings (SSSR count). The summed E-state index contributed by atoms with van der Waals surface area (Å²) in [5, 5.41) is 4.16. The maximum Gasteiger partial charge on any atom is 0.401 e. The zero-order valence-electron chi connectivity index (χ0n) is 13.2. The molecule has 0 saturated heterocycles. The van der Waals surface area contributed by atoms with Gasteiger partial charge in [-0.3, -0.25) is 4.79 Å². The minimum absolute atomic E-state index is 0.0816. The van der Waals surface area contributed by atoms with Crippen molar-refractivity contribution in [2.24, 2.45) is 0 Å². The molecule has 26 heavy (non-hydrogen) atoms. The molecule has 1 aromatic carbocycles. The smallest absolute Gasteiger partial charge is 0.382 e. The lowest BCUT2D eigenvalue weighted by Gasteiger charge is -2.15. The van der Waals surface area contributed by atoms with Gasteiger partial charge in [0.05, 0.1) is 0 Å². The summed E-state index contributed by atoms with van der Waals surface area (Å²) in [7, 11) is -4.36. The second-order valence-electron chi connectivity index (χ2n) is 5.15. The molecule has 8 nitrogen and oxygen atoms in total. The molecule has 0 aliphatic rings. The summed E-state index contributed by atoms with van der Waals surface area (Å²) in [5.41, 5.74) is 6.36. The molecule has 0 bridgehead atoms. The molecule has 0 fully saturated rings. The van der Waals surface area contributed by atoms with Crippen LogP contribution in [-0.2, 0) is 21.1 Å². The van der Waals surface area contributed by atoms with Crippen molar-refractivity contribution < 1.29 is 22.2 Å². The van der Waals surface area contributed by atoms with Crippen LogP contribution in [0.4, 0.5) is 30.5 Å². The van der Waals surface area contributed by atoms with E-state index in [1.165, 1.54) is 0 Å². The molecule has 0 aliphatic heterocycles. The normalized spacial score (nSPS) is 13.7. The standard InChI is InChI=1S/C14H15F3N6O2S/c15-14(16,17)7-26(19,25)13-22-11(18)10(21-8-24)12(23-13)20-6-9-4-2-1-3-5-9/h1-5,8,19H,6-7H2,(H,21,24)(H3,18,20,22,23). The van der Waals surface area contributed by atoms with Crippen molar-refractivity contribution in [1.29, 1.82) is 4.78 Å². The average molecular weight is 388 g/mol. The van der Waals surface area contributed by atoms with E-state index in [0.29, 0.717) is 0 Å². The highest BCUT2D eigenvalue weighted by Crippen LogP contribution is 2.29. The van der Waals surface area contributed by atoms with E-state index in [2.05, 4.69) is 20.6 Å². The number of hydrogen-bond acceptors (Lipinski definition) is 7. The topological polar surface area (TPSA) is 134 Å². The number of nitrogen functional groups attached to an aromatic ring is 1. The Bertz CT molecular complexity index is 888. The molecule has 1 aromatic heterocycles. The highest BCUT2D eigenvalue weighted by atomic mass is 32.2. The van der Waals surface area contributed by atoms with E-state index >= 15 is 0 Å². The fraction of sp³-hybridized carbons (Fsp3) is 0.214. The maximum atomic E-state index is 12.5. The molecule has 0 saturated carbocycles. The number of halogens is 3. The van der Waals surface area contributed by atoms with Gasteiger partial charge in [-0.05, 0) is 5.56 Å². The minimum Gasteiger partial charge on any atom is -0.382 e. The molecule has 1 unspecified atom stereocenters. The van der Waals surface area contributed by atoms with Crippen LogP contribution in [0.5, 0.6) is 0 Å². The predicted octanol–water partition coefficient (Wildman–Crippen LogP) is 2.21. The summed E-state index contributed by atoms with van der Waals surface area (Å²) >= 11 is 0. The third kappa shape index (κ3) is 5.05. The van der Waals surface area contributed by atoms with Crippen LogP contribution in [0.25, 0.3) is 0 Å². The Balaban J connectivity index is 2.40. The molecule has 0 aliphatic carbocycles. The molecule has 5 N–H and O–H groups in total. The molecule has 1 atom stereocenters. The summed E-state index contributed by atoms with van der Waals surface area (Å²) in [6.45, 7) is 0.197. The number of amides is 1. The van der Waals surface area contributed by atoms with Gasteiger partial charge in [0.15, 0.2) is 11.6 Å². The van der Waals surface area contributed by atoms with Gasteiger partial charge in [-0.1, -0.05) is 30.3 Å². The highest BCUT2D eigenvalue weighted by Gasteiger charge is 2.35. The number of aromatic nitrogens is 2. The van der Waals surface area contributed by atoms with Gasteiger partial charge in [-0.2, -0.15) is 13.2 Å². The van der Waals surface area contributed by atoms with Crippen molar-refractivity contribution >= 4 is 33.5 Å².